The van der Waals surface area contributed by atoms with Crippen LogP contribution in [0.3, 0.4) is 0 Å². The number of sulfonamides is 1. The standard InChI is InChI=1S/C19H20N2O5S/c1-20(16-5-3-2-4-6-16)27(25,26)17-9-7-14(8-10-17)18(22)21-12-11-15(13-21)19(23)24/h2-10,15H,11-13H2,1H3,(H,23,24). The quantitative estimate of drug-likeness (QED) is 0.846. The van der Waals surface area contributed by atoms with Crippen molar-refractivity contribution in [1.29, 1.82) is 0 Å². The van der Waals surface area contributed by atoms with E-state index in [1.807, 2.05) is 0 Å². The van der Waals surface area contributed by atoms with Gasteiger partial charge in [-0.1, -0.05) is 18.2 Å². The molecule has 27 heavy (non-hydrogen) atoms. The predicted octanol–water partition coefficient (Wildman–Crippen LogP) is 2.06. The van der Waals surface area contributed by atoms with E-state index >= 15 is 0 Å². The van der Waals surface area contributed by atoms with Crippen molar-refractivity contribution < 1.29 is 23.1 Å². The van der Waals surface area contributed by atoms with Gasteiger partial charge < -0.3 is 10.0 Å². The van der Waals surface area contributed by atoms with Gasteiger partial charge in [0.05, 0.1) is 16.5 Å². The van der Waals surface area contributed by atoms with Crippen molar-refractivity contribution in [2.75, 3.05) is 24.4 Å². The summed E-state index contributed by atoms with van der Waals surface area (Å²) in [5.74, 6) is -1.75. The monoisotopic (exact) mass is 388 g/mol. The summed E-state index contributed by atoms with van der Waals surface area (Å²) >= 11 is 0. The maximum absolute atomic E-state index is 12.8. The Morgan fingerprint density at radius 2 is 1.70 bits per heavy atom. The molecule has 7 nitrogen and oxygen atoms in total. The van der Waals surface area contributed by atoms with Crippen molar-refractivity contribution in [3.8, 4) is 0 Å². The summed E-state index contributed by atoms with van der Waals surface area (Å²) in [5.41, 5.74) is 0.872. The summed E-state index contributed by atoms with van der Waals surface area (Å²) in [6.07, 6.45) is 0.426. The van der Waals surface area contributed by atoms with Gasteiger partial charge in [0, 0.05) is 25.7 Å². The molecule has 1 fully saturated rings. The topological polar surface area (TPSA) is 95.0 Å². The molecule has 1 aliphatic rings. The number of aliphatic carboxylic acids is 1. The number of anilines is 1. The third kappa shape index (κ3) is 3.80. The highest BCUT2D eigenvalue weighted by Crippen LogP contribution is 2.23. The molecule has 142 valence electrons. The summed E-state index contributed by atoms with van der Waals surface area (Å²) in [7, 11) is -2.27. The third-order valence-electron chi connectivity index (χ3n) is 4.70. The van der Waals surface area contributed by atoms with Crippen LogP contribution in [0.2, 0.25) is 0 Å². The second-order valence-electron chi connectivity index (χ2n) is 6.41. The van der Waals surface area contributed by atoms with Gasteiger partial charge in [-0.05, 0) is 42.8 Å². The Labute approximate surface area is 157 Å². The van der Waals surface area contributed by atoms with Gasteiger partial charge in [0.25, 0.3) is 15.9 Å². The van der Waals surface area contributed by atoms with Crippen LogP contribution in [0.5, 0.6) is 0 Å². The first-order valence-electron chi connectivity index (χ1n) is 8.47. The van der Waals surface area contributed by atoms with E-state index in [0.29, 0.717) is 24.2 Å². The van der Waals surface area contributed by atoms with E-state index in [-0.39, 0.29) is 17.3 Å². The number of hydrogen-bond donors (Lipinski definition) is 1. The molecule has 0 radical (unpaired) electrons. The van der Waals surface area contributed by atoms with Gasteiger partial charge >= 0.3 is 5.97 Å². The Hall–Kier alpha value is -2.87. The summed E-state index contributed by atoms with van der Waals surface area (Å²) in [4.78, 5) is 25.1. The van der Waals surface area contributed by atoms with Crippen LogP contribution in [-0.4, -0.2) is 50.4 Å². The van der Waals surface area contributed by atoms with Crippen LogP contribution in [0.25, 0.3) is 0 Å². The number of amides is 1. The van der Waals surface area contributed by atoms with Gasteiger partial charge in [0.15, 0.2) is 0 Å². The van der Waals surface area contributed by atoms with E-state index in [4.69, 9.17) is 5.11 Å². The Bertz CT molecular complexity index is 942. The minimum Gasteiger partial charge on any atom is -0.481 e. The second kappa shape index (κ2) is 7.40. The van der Waals surface area contributed by atoms with Gasteiger partial charge in [-0.15, -0.1) is 0 Å². The SMILES string of the molecule is CN(c1ccccc1)S(=O)(=O)c1ccc(C(=O)N2CCC(C(=O)O)C2)cc1. The molecule has 0 aromatic heterocycles. The van der Waals surface area contributed by atoms with E-state index in [1.165, 1.54) is 40.5 Å². The van der Waals surface area contributed by atoms with Crippen molar-refractivity contribution in [3.63, 3.8) is 0 Å². The molecule has 1 amide bonds. The van der Waals surface area contributed by atoms with Crippen molar-refractivity contribution in [2.45, 2.75) is 11.3 Å². The molecular formula is C19H20N2O5S. The lowest BCUT2D eigenvalue weighted by atomic mass is 10.1. The molecule has 1 heterocycles. The first kappa shape index (κ1) is 18.9. The molecule has 1 unspecified atom stereocenters. The van der Waals surface area contributed by atoms with Gasteiger partial charge in [0.1, 0.15) is 0 Å². The van der Waals surface area contributed by atoms with Gasteiger partial charge in [-0.25, -0.2) is 8.42 Å². The number of benzene rings is 2. The van der Waals surface area contributed by atoms with Gasteiger partial charge in [-0.3, -0.25) is 13.9 Å². The molecular weight excluding hydrogens is 368 g/mol. The molecule has 1 saturated heterocycles. The highest BCUT2D eigenvalue weighted by Gasteiger charge is 2.31. The maximum atomic E-state index is 12.8. The van der Waals surface area contributed by atoms with Crippen molar-refractivity contribution in [3.05, 3.63) is 60.2 Å². The fourth-order valence-corrected chi connectivity index (χ4v) is 4.23. The van der Waals surface area contributed by atoms with Crippen LogP contribution >= 0.6 is 0 Å². The van der Waals surface area contributed by atoms with E-state index in [0.717, 1.165) is 0 Å². The van der Waals surface area contributed by atoms with E-state index in [9.17, 15) is 18.0 Å². The van der Waals surface area contributed by atoms with Gasteiger partial charge in [0.2, 0.25) is 0 Å². The first-order valence-corrected chi connectivity index (χ1v) is 9.91. The second-order valence-corrected chi connectivity index (χ2v) is 8.38. The molecule has 2 aromatic carbocycles. The van der Waals surface area contributed by atoms with Crippen LogP contribution in [0.1, 0.15) is 16.8 Å². The number of carboxylic acids is 1. The average molecular weight is 388 g/mol. The Kier molecular flexibility index (Phi) is 5.18. The molecule has 0 bridgehead atoms. The van der Waals surface area contributed by atoms with E-state index < -0.39 is 21.9 Å². The molecule has 1 aliphatic heterocycles. The normalized spacial score (nSPS) is 16.9. The highest BCUT2D eigenvalue weighted by atomic mass is 32.2. The lowest BCUT2D eigenvalue weighted by molar-refractivity contribution is -0.141. The predicted molar refractivity (Wildman–Crippen MR) is 100 cm³/mol. The molecule has 8 heteroatoms. The zero-order valence-corrected chi connectivity index (χ0v) is 15.6. The first-order chi connectivity index (χ1) is 12.8. The van der Waals surface area contributed by atoms with Crippen LogP contribution in [0, 0.1) is 5.92 Å². The Morgan fingerprint density at radius 3 is 2.26 bits per heavy atom. The molecule has 3 rings (SSSR count). The number of likely N-dealkylation sites (tertiary alicyclic amines) is 1. The molecule has 1 atom stereocenters. The average Bonchev–Trinajstić information content (AvgIpc) is 3.18. The minimum absolute atomic E-state index is 0.0789. The molecule has 0 saturated carbocycles. The zero-order valence-electron chi connectivity index (χ0n) is 14.8. The zero-order chi connectivity index (χ0) is 19.6. The number of carbonyl (C=O) groups is 2. The van der Waals surface area contributed by atoms with Crippen LogP contribution < -0.4 is 4.31 Å². The van der Waals surface area contributed by atoms with Crippen molar-refractivity contribution in [2.24, 2.45) is 5.92 Å². The largest absolute Gasteiger partial charge is 0.481 e. The molecule has 0 spiro atoms. The Morgan fingerprint density at radius 1 is 1.07 bits per heavy atom. The third-order valence-corrected chi connectivity index (χ3v) is 6.50. The minimum atomic E-state index is -3.74. The lowest BCUT2D eigenvalue weighted by Gasteiger charge is -2.20. The number of rotatable bonds is 5. The van der Waals surface area contributed by atoms with Crippen LogP contribution in [-0.2, 0) is 14.8 Å². The van der Waals surface area contributed by atoms with Crippen LogP contribution in [0.15, 0.2) is 59.5 Å². The summed E-state index contributed by atoms with van der Waals surface area (Å²) in [5, 5.41) is 9.05. The fraction of sp³-hybridized carbons (Fsp3) is 0.263. The van der Waals surface area contributed by atoms with E-state index in [2.05, 4.69) is 0 Å². The Balaban J connectivity index is 1.77. The molecule has 1 N–H and O–H groups in total. The van der Waals surface area contributed by atoms with Gasteiger partial charge in [-0.2, -0.15) is 0 Å². The van der Waals surface area contributed by atoms with Crippen molar-refractivity contribution in [1.82, 2.24) is 4.90 Å². The highest BCUT2D eigenvalue weighted by molar-refractivity contribution is 7.92. The summed E-state index contributed by atoms with van der Waals surface area (Å²) in [6, 6.07) is 14.4. The van der Waals surface area contributed by atoms with Crippen molar-refractivity contribution >= 4 is 27.6 Å². The van der Waals surface area contributed by atoms with Crippen LogP contribution in [0.4, 0.5) is 5.69 Å². The number of carbonyl (C=O) groups excluding carboxylic acids is 1. The fourth-order valence-electron chi connectivity index (χ4n) is 3.03. The molecule has 0 aliphatic carbocycles. The number of nitrogens with zero attached hydrogens (tertiary/aromatic N) is 2. The maximum Gasteiger partial charge on any atom is 0.308 e. The summed E-state index contributed by atoms with van der Waals surface area (Å²) < 4.78 is 26.7. The number of carboxylic acid groups (broad SMARTS) is 1. The lowest BCUT2D eigenvalue weighted by Crippen LogP contribution is -2.30. The van der Waals surface area contributed by atoms with E-state index in [1.54, 1.807) is 30.3 Å². The smallest absolute Gasteiger partial charge is 0.308 e. The summed E-state index contributed by atoms with van der Waals surface area (Å²) in [6.45, 7) is 0.553. The number of hydrogen-bond acceptors (Lipinski definition) is 4. The number of para-hydroxylation sites is 1. The molecule has 2 aromatic rings.